The van der Waals surface area contributed by atoms with Gasteiger partial charge in [-0.05, 0) is 43.7 Å². The molecule has 3 N–H and O–H groups in total. The summed E-state index contributed by atoms with van der Waals surface area (Å²) in [5.41, 5.74) is 7.16. The number of hydrogen-bond donors (Lipinski definition) is 2. The predicted molar refractivity (Wildman–Crippen MR) is 99.6 cm³/mol. The van der Waals surface area contributed by atoms with Gasteiger partial charge in [-0.1, -0.05) is 18.2 Å². The van der Waals surface area contributed by atoms with E-state index in [1.807, 2.05) is 6.07 Å². The minimum absolute atomic E-state index is 0. The Balaban J connectivity index is 0.00000132. The maximum absolute atomic E-state index is 12.1. The molecule has 2 aliphatic rings. The number of halogens is 2. The van der Waals surface area contributed by atoms with Crippen LogP contribution in [0.1, 0.15) is 25.7 Å². The maximum Gasteiger partial charge on any atom is 0.223 e. The molecule has 3 unspecified atom stereocenters. The van der Waals surface area contributed by atoms with E-state index in [0.717, 1.165) is 45.3 Å². The van der Waals surface area contributed by atoms with E-state index < -0.39 is 0 Å². The number of hydrogen-bond acceptors (Lipinski definition) is 3. The lowest BCUT2D eigenvalue weighted by molar-refractivity contribution is -0.125. The molecule has 1 aliphatic carbocycles. The Kier molecular flexibility index (Phi) is 8.17. The van der Waals surface area contributed by atoms with Crippen LogP contribution >= 0.6 is 24.8 Å². The first-order chi connectivity index (χ1) is 10.2. The van der Waals surface area contributed by atoms with Crippen molar-refractivity contribution in [3.05, 3.63) is 30.3 Å². The molecule has 1 heterocycles. The number of nitrogens with zero attached hydrogens (tertiary/aromatic N) is 1. The summed E-state index contributed by atoms with van der Waals surface area (Å²) < 4.78 is 0. The fourth-order valence-corrected chi connectivity index (χ4v) is 3.52. The summed E-state index contributed by atoms with van der Waals surface area (Å²) in [4.78, 5) is 14.5. The molecule has 1 amide bonds. The minimum atomic E-state index is 0. The van der Waals surface area contributed by atoms with Crippen molar-refractivity contribution >= 4 is 36.4 Å². The highest BCUT2D eigenvalue weighted by Gasteiger charge is 2.29. The van der Waals surface area contributed by atoms with E-state index in [1.54, 1.807) is 0 Å². The van der Waals surface area contributed by atoms with Gasteiger partial charge in [-0.15, -0.1) is 24.8 Å². The van der Waals surface area contributed by atoms with Crippen molar-refractivity contribution in [2.45, 2.75) is 31.7 Å². The van der Waals surface area contributed by atoms with Crippen LogP contribution in [0.15, 0.2) is 30.3 Å². The van der Waals surface area contributed by atoms with Crippen LogP contribution in [0, 0.1) is 11.8 Å². The third kappa shape index (κ3) is 5.27. The van der Waals surface area contributed by atoms with Gasteiger partial charge in [-0.3, -0.25) is 4.79 Å². The lowest BCUT2D eigenvalue weighted by Gasteiger charge is -2.19. The van der Waals surface area contributed by atoms with Crippen LogP contribution in [0.2, 0.25) is 0 Å². The molecule has 3 rings (SSSR count). The number of anilines is 1. The molecule has 23 heavy (non-hydrogen) atoms. The van der Waals surface area contributed by atoms with Crippen molar-refractivity contribution in [1.82, 2.24) is 5.32 Å². The van der Waals surface area contributed by atoms with Crippen molar-refractivity contribution < 1.29 is 4.79 Å². The molecule has 1 aromatic rings. The minimum Gasteiger partial charge on any atom is -0.371 e. The fourth-order valence-electron chi connectivity index (χ4n) is 3.52. The molecule has 0 bridgehead atoms. The smallest absolute Gasteiger partial charge is 0.223 e. The number of benzene rings is 1. The van der Waals surface area contributed by atoms with E-state index >= 15 is 0 Å². The van der Waals surface area contributed by atoms with E-state index in [2.05, 4.69) is 34.5 Å². The Morgan fingerprint density at radius 2 is 1.91 bits per heavy atom. The number of carbonyl (C=O) groups excluding carboxylic acids is 1. The van der Waals surface area contributed by atoms with E-state index in [4.69, 9.17) is 5.73 Å². The molecule has 1 saturated heterocycles. The van der Waals surface area contributed by atoms with E-state index in [9.17, 15) is 4.79 Å². The number of rotatable bonds is 4. The average molecular weight is 360 g/mol. The molecule has 1 saturated carbocycles. The Labute approximate surface area is 151 Å². The summed E-state index contributed by atoms with van der Waals surface area (Å²) in [5.74, 6) is 0.914. The lowest BCUT2D eigenvalue weighted by atomic mass is 10.1. The van der Waals surface area contributed by atoms with Crippen LogP contribution in [0.25, 0.3) is 0 Å². The molecule has 1 aromatic carbocycles. The zero-order valence-corrected chi connectivity index (χ0v) is 15.0. The van der Waals surface area contributed by atoms with Gasteiger partial charge in [0.05, 0.1) is 0 Å². The van der Waals surface area contributed by atoms with Crippen LogP contribution in [-0.2, 0) is 4.79 Å². The van der Waals surface area contributed by atoms with Gasteiger partial charge in [0.2, 0.25) is 5.91 Å². The Hall–Kier alpha value is -0.970. The van der Waals surface area contributed by atoms with Gasteiger partial charge in [0, 0.05) is 37.3 Å². The Bertz CT molecular complexity index is 486. The lowest BCUT2D eigenvalue weighted by Crippen LogP contribution is -2.35. The monoisotopic (exact) mass is 359 g/mol. The van der Waals surface area contributed by atoms with Gasteiger partial charge < -0.3 is 16.0 Å². The molecule has 6 heteroatoms. The highest BCUT2D eigenvalue weighted by Crippen LogP contribution is 2.25. The third-order valence-corrected chi connectivity index (χ3v) is 4.82. The third-order valence-electron chi connectivity index (χ3n) is 4.82. The predicted octanol–water partition coefficient (Wildman–Crippen LogP) is 2.60. The van der Waals surface area contributed by atoms with E-state index in [-0.39, 0.29) is 42.7 Å². The van der Waals surface area contributed by atoms with Crippen molar-refractivity contribution in [2.24, 2.45) is 17.6 Å². The second-order valence-corrected chi connectivity index (χ2v) is 6.45. The molecule has 0 aromatic heterocycles. The van der Waals surface area contributed by atoms with E-state index in [1.165, 1.54) is 5.69 Å². The van der Waals surface area contributed by atoms with Gasteiger partial charge in [-0.25, -0.2) is 0 Å². The van der Waals surface area contributed by atoms with Crippen molar-refractivity contribution in [3.8, 4) is 0 Å². The van der Waals surface area contributed by atoms with Gasteiger partial charge >= 0.3 is 0 Å². The highest BCUT2D eigenvalue weighted by atomic mass is 35.5. The van der Waals surface area contributed by atoms with Crippen molar-refractivity contribution in [1.29, 1.82) is 0 Å². The standard InChI is InChI=1S/C17H25N3O.2ClH/c18-15-7-6-14(10-15)17(21)19-11-13-8-9-20(12-13)16-4-2-1-3-5-16;;/h1-5,13-15H,6-12,18H2,(H,19,21);2*1H. The summed E-state index contributed by atoms with van der Waals surface area (Å²) in [6.07, 6.45) is 3.95. The molecular weight excluding hydrogens is 333 g/mol. The summed E-state index contributed by atoms with van der Waals surface area (Å²) in [6, 6.07) is 10.7. The zero-order chi connectivity index (χ0) is 14.7. The largest absolute Gasteiger partial charge is 0.371 e. The first kappa shape index (κ1) is 20.1. The summed E-state index contributed by atoms with van der Waals surface area (Å²) in [6.45, 7) is 2.92. The Morgan fingerprint density at radius 1 is 1.17 bits per heavy atom. The quantitative estimate of drug-likeness (QED) is 0.868. The van der Waals surface area contributed by atoms with Crippen LogP contribution < -0.4 is 16.0 Å². The first-order valence-corrected chi connectivity index (χ1v) is 8.05. The SMILES string of the molecule is Cl.Cl.NC1CCC(C(=O)NCC2CCN(c3ccccc3)C2)C1. The average Bonchev–Trinajstić information content (AvgIpc) is 3.15. The normalized spacial score (nSPS) is 26.3. The number of para-hydroxylation sites is 1. The van der Waals surface area contributed by atoms with Crippen molar-refractivity contribution in [2.75, 3.05) is 24.5 Å². The van der Waals surface area contributed by atoms with Crippen LogP contribution in [0.4, 0.5) is 5.69 Å². The topological polar surface area (TPSA) is 58.4 Å². The van der Waals surface area contributed by atoms with Crippen LogP contribution in [0.3, 0.4) is 0 Å². The Morgan fingerprint density at radius 3 is 2.57 bits per heavy atom. The fraction of sp³-hybridized carbons (Fsp3) is 0.588. The molecule has 0 spiro atoms. The van der Waals surface area contributed by atoms with Gasteiger partial charge in [-0.2, -0.15) is 0 Å². The van der Waals surface area contributed by atoms with Gasteiger partial charge in [0.25, 0.3) is 0 Å². The highest BCUT2D eigenvalue weighted by molar-refractivity contribution is 5.85. The number of amides is 1. The zero-order valence-electron chi connectivity index (χ0n) is 13.3. The van der Waals surface area contributed by atoms with Gasteiger partial charge in [0.15, 0.2) is 0 Å². The van der Waals surface area contributed by atoms with Crippen molar-refractivity contribution in [3.63, 3.8) is 0 Å². The second-order valence-electron chi connectivity index (χ2n) is 6.45. The van der Waals surface area contributed by atoms with E-state index in [0.29, 0.717) is 5.92 Å². The summed E-state index contributed by atoms with van der Waals surface area (Å²) in [7, 11) is 0. The van der Waals surface area contributed by atoms with Crippen LogP contribution in [-0.4, -0.2) is 31.6 Å². The molecule has 3 atom stereocenters. The summed E-state index contributed by atoms with van der Waals surface area (Å²) >= 11 is 0. The molecule has 2 fully saturated rings. The molecular formula is C17H27Cl2N3O. The second kappa shape index (κ2) is 9.36. The molecule has 0 radical (unpaired) electrons. The number of nitrogens with one attached hydrogen (secondary N) is 1. The molecule has 130 valence electrons. The van der Waals surface area contributed by atoms with Crippen LogP contribution in [0.5, 0.6) is 0 Å². The molecule has 1 aliphatic heterocycles. The first-order valence-electron chi connectivity index (χ1n) is 8.05. The number of carbonyl (C=O) groups is 1. The molecule has 4 nitrogen and oxygen atoms in total. The summed E-state index contributed by atoms with van der Waals surface area (Å²) in [5, 5.41) is 3.14. The van der Waals surface area contributed by atoms with Gasteiger partial charge in [0.1, 0.15) is 0 Å². The number of nitrogens with two attached hydrogens (primary N) is 1. The maximum atomic E-state index is 12.1.